The van der Waals surface area contributed by atoms with Gasteiger partial charge in [0.2, 0.25) is 5.91 Å². The molecule has 5 heterocycles. The van der Waals surface area contributed by atoms with Crippen molar-refractivity contribution in [1.29, 1.82) is 0 Å². The van der Waals surface area contributed by atoms with Gasteiger partial charge in [0, 0.05) is 47.2 Å². The normalized spacial score (nSPS) is 13.6. The standard InChI is InChI=1S/C28H22N8O/c37-28(17-2-1-3-17)32-20-12-19(14-30-15-20)18-4-5-22-21(13-18)25(36-35-22)27-33-23-8-11-31-24(26(23)34-27)16-6-9-29-10-7-16/h4-15,17H,1-3H2,(H,32,37)(H,33,34)(H,35,36). The fraction of sp³-hybridized carbons (Fsp3) is 0.143. The third-order valence-corrected chi connectivity index (χ3v) is 6.96. The van der Waals surface area contributed by atoms with E-state index >= 15 is 0 Å². The molecule has 0 saturated heterocycles. The fourth-order valence-corrected chi connectivity index (χ4v) is 4.72. The van der Waals surface area contributed by atoms with E-state index in [2.05, 4.69) is 41.5 Å². The largest absolute Gasteiger partial charge is 0.336 e. The van der Waals surface area contributed by atoms with Gasteiger partial charge in [-0.05, 0) is 54.8 Å². The number of carbonyl (C=O) groups is 1. The van der Waals surface area contributed by atoms with Crippen molar-refractivity contribution in [3.8, 4) is 33.9 Å². The molecule has 0 unspecified atom stereocenters. The topological polar surface area (TPSA) is 125 Å². The van der Waals surface area contributed by atoms with E-state index in [0.29, 0.717) is 11.5 Å². The number of pyridine rings is 3. The number of aromatic amines is 2. The number of H-pyrrole nitrogens is 2. The molecule has 0 bridgehead atoms. The molecular formula is C28H22N8O. The van der Waals surface area contributed by atoms with Crippen LogP contribution in [-0.4, -0.2) is 41.0 Å². The zero-order valence-electron chi connectivity index (χ0n) is 19.8. The summed E-state index contributed by atoms with van der Waals surface area (Å²) in [5.74, 6) is 0.844. The first-order chi connectivity index (χ1) is 18.2. The van der Waals surface area contributed by atoms with Crippen molar-refractivity contribution in [2.75, 3.05) is 5.32 Å². The van der Waals surface area contributed by atoms with Crippen molar-refractivity contribution in [2.45, 2.75) is 19.3 Å². The molecule has 7 rings (SSSR count). The highest BCUT2D eigenvalue weighted by Gasteiger charge is 2.25. The molecule has 1 aliphatic rings. The number of fused-ring (bicyclic) bond motifs is 2. The second-order valence-electron chi connectivity index (χ2n) is 9.29. The maximum absolute atomic E-state index is 12.4. The summed E-state index contributed by atoms with van der Waals surface area (Å²) in [5.41, 5.74) is 7.59. The predicted molar refractivity (Wildman–Crippen MR) is 141 cm³/mol. The van der Waals surface area contributed by atoms with E-state index in [1.54, 1.807) is 31.0 Å². The fourth-order valence-electron chi connectivity index (χ4n) is 4.72. The van der Waals surface area contributed by atoms with Crippen LogP contribution in [0.4, 0.5) is 5.69 Å². The summed E-state index contributed by atoms with van der Waals surface area (Å²) in [6.07, 6.45) is 11.8. The SMILES string of the molecule is O=C(Nc1cncc(-c2ccc3[nH]nc(-c4nc5c(-c6ccncc6)nccc5[nH]4)c3c2)c1)C1CCC1. The second kappa shape index (κ2) is 8.63. The summed E-state index contributed by atoms with van der Waals surface area (Å²) in [7, 11) is 0. The number of hydrogen-bond acceptors (Lipinski definition) is 6. The summed E-state index contributed by atoms with van der Waals surface area (Å²) >= 11 is 0. The Morgan fingerprint density at radius 1 is 0.865 bits per heavy atom. The first-order valence-electron chi connectivity index (χ1n) is 12.2. The van der Waals surface area contributed by atoms with Gasteiger partial charge in [-0.15, -0.1) is 0 Å². The molecule has 5 aromatic heterocycles. The molecule has 1 amide bonds. The zero-order valence-corrected chi connectivity index (χ0v) is 19.8. The molecule has 0 radical (unpaired) electrons. The lowest BCUT2D eigenvalue weighted by atomic mass is 9.85. The molecule has 0 spiro atoms. The van der Waals surface area contributed by atoms with Gasteiger partial charge in [-0.25, -0.2) is 4.98 Å². The van der Waals surface area contributed by atoms with Crippen molar-refractivity contribution >= 4 is 33.5 Å². The van der Waals surface area contributed by atoms with Gasteiger partial charge in [-0.3, -0.25) is 24.8 Å². The summed E-state index contributed by atoms with van der Waals surface area (Å²) in [5, 5.41) is 11.6. The number of rotatable bonds is 5. The number of benzene rings is 1. The average Bonchev–Trinajstić information content (AvgIpc) is 3.52. The highest BCUT2D eigenvalue weighted by atomic mass is 16.1. The minimum absolute atomic E-state index is 0.0725. The van der Waals surface area contributed by atoms with Crippen LogP contribution in [0.25, 0.3) is 55.8 Å². The van der Waals surface area contributed by atoms with Gasteiger partial charge in [0.25, 0.3) is 0 Å². The molecule has 180 valence electrons. The van der Waals surface area contributed by atoms with E-state index in [1.807, 2.05) is 36.4 Å². The Labute approximate surface area is 211 Å². The molecule has 1 saturated carbocycles. The van der Waals surface area contributed by atoms with E-state index in [4.69, 9.17) is 4.98 Å². The smallest absolute Gasteiger partial charge is 0.227 e. The van der Waals surface area contributed by atoms with Gasteiger partial charge in [-0.1, -0.05) is 12.5 Å². The Morgan fingerprint density at radius 2 is 1.76 bits per heavy atom. The number of nitrogens with one attached hydrogen (secondary N) is 3. The van der Waals surface area contributed by atoms with Crippen LogP contribution < -0.4 is 5.32 Å². The van der Waals surface area contributed by atoms with E-state index in [1.165, 1.54) is 0 Å². The number of imidazole rings is 1. The highest BCUT2D eigenvalue weighted by Crippen LogP contribution is 2.33. The van der Waals surface area contributed by atoms with Crippen molar-refractivity contribution < 1.29 is 4.79 Å². The first-order valence-corrected chi connectivity index (χ1v) is 12.2. The number of anilines is 1. The summed E-state index contributed by atoms with van der Waals surface area (Å²) in [4.78, 5) is 33.7. The van der Waals surface area contributed by atoms with Crippen molar-refractivity contribution in [3.05, 3.63) is 73.4 Å². The Hall–Kier alpha value is -4.92. The number of nitrogens with zero attached hydrogens (tertiary/aromatic N) is 5. The molecule has 1 aromatic carbocycles. The molecule has 0 aliphatic heterocycles. The summed E-state index contributed by atoms with van der Waals surface area (Å²) < 4.78 is 0. The molecule has 9 nitrogen and oxygen atoms in total. The molecule has 9 heteroatoms. The Balaban J connectivity index is 1.26. The lowest BCUT2D eigenvalue weighted by Crippen LogP contribution is -2.28. The van der Waals surface area contributed by atoms with Gasteiger partial charge in [0.1, 0.15) is 11.2 Å². The van der Waals surface area contributed by atoms with Crippen molar-refractivity contribution in [2.24, 2.45) is 5.92 Å². The zero-order chi connectivity index (χ0) is 24.8. The highest BCUT2D eigenvalue weighted by molar-refractivity contribution is 5.98. The average molecular weight is 487 g/mol. The van der Waals surface area contributed by atoms with Crippen LogP contribution in [-0.2, 0) is 4.79 Å². The third kappa shape index (κ3) is 3.81. The Bertz CT molecular complexity index is 1770. The van der Waals surface area contributed by atoms with Crippen LogP contribution in [0, 0.1) is 5.92 Å². The monoisotopic (exact) mass is 486 g/mol. The summed E-state index contributed by atoms with van der Waals surface area (Å²) in [6.45, 7) is 0. The number of hydrogen-bond donors (Lipinski definition) is 3. The van der Waals surface area contributed by atoms with E-state index < -0.39 is 0 Å². The Morgan fingerprint density at radius 3 is 2.59 bits per heavy atom. The van der Waals surface area contributed by atoms with Gasteiger partial charge in [0.15, 0.2) is 5.82 Å². The van der Waals surface area contributed by atoms with Crippen LogP contribution in [0.15, 0.2) is 73.4 Å². The molecule has 1 aliphatic carbocycles. The van der Waals surface area contributed by atoms with Crippen LogP contribution >= 0.6 is 0 Å². The maximum Gasteiger partial charge on any atom is 0.227 e. The molecule has 6 aromatic rings. The summed E-state index contributed by atoms with van der Waals surface area (Å²) in [6, 6.07) is 13.8. The predicted octanol–water partition coefficient (Wildman–Crippen LogP) is 5.36. The quantitative estimate of drug-likeness (QED) is 0.301. The molecule has 1 fully saturated rings. The van der Waals surface area contributed by atoms with E-state index in [0.717, 1.165) is 69.3 Å². The molecular weight excluding hydrogens is 464 g/mol. The first kappa shape index (κ1) is 21.4. The minimum atomic E-state index is 0.0725. The minimum Gasteiger partial charge on any atom is -0.336 e. The number of carbonyl (C=O) groups excluding carboxylic acids is 1. The lowest BCUT2D eigenvalue weighted by molar-refractivity contribution is -0.122. The number of aromatic nitrogens is 7. The van der Waals surface area contributed by atoms with Crippen LogP contribution in [0.2, 0.25) is 0 Å². The van der Waals surface area contributed by atoms with E-state index in [-0.39, 0.29) is 11.8 Å². The van der Waals surface area contributed by atoms with Crippen molar-refractivity contribution in [3.63, 3.8) is 0 Å². The van der Waals surface area contributed by atoms with Gasteiger partial charge in [-0.2, -0.15) is 5.10 Å². The van der Waals surface area contributed by atoms with Crippen LogP contribution in [0.3, 0.4) is 0 Å². The number of amides is 1. The molecule has 3 N–H and O–H groups in total. The Kier molecular flexibility index (Phi) is 4.99. The van der Waals surface area contributed by atoms with Crippen LogP contribution in [0.5, 0.6) is 0 Å². The van der Waals surface area contributed by atoms with Gasteiger partial charge < -0.3 is 10.3 Å². The molecule has 0 atom stereocenters. The van der Waals surface area contributed by atoms with E-state index in [9.17, 15) is 4.79 Å². The second-order valence-corrected chi connectivity index (χ2v) is 9.29. The van der Waals surface area contributed by atoms with Gasteiger partial charge >= 0.3 is 0 Å². The third-order valence-electron chi connectivity index (χ3n) is 6.96. The lowest BCUT2D eigenvalue weighted by Gasteiger charge is -2.24. The van der Waals surface area contributed by atoms with Crippen LogP contribution in [0.1, 0.15) is 19.3 Å². The van der Waals surface area contributed by atoms with Gasteiger partial charge in [0.05, 0.1) is 28.6 Å². The van der Waals surface area contributed by atoms with Crippen molar-refractivity contribution in [1.82, 2.24) is 35.1 Å². The molecule has 37 heavy (non-hydrogen) atoms. The maximum atomic E-state index is 12.4.